The van der Waals surface area contributed by atoms with Crippen LogP contribution in [0.25, 0.3) is 0 Å². The average Bonchev–Trinajstić information content (AvgIpc) is 2.62. The Bertz CT molecular complexity index is 364. The first-order valence-electron chi connectivity index (χ1n) is 4.98. The van der Waals surface area contributed by atoms with Gasteiger partial charge in [-0.15, -0.1) is 5.10 Å². The van der Waals surface area contributed by atoms with Gasteiger partial charge in [0.1, 0.15) is 0 Å². The molecule has 1 rings (SSSR count). The smallest absolute Gasteiger partial charge is 0.358 e. The van der Waals surface area contributed by atoms with E-state index in [0.717, 1.165) is 0 Å². The molecule has 0 saturated heterocycles. The Kier molecular flexibility index (Phi) is 4.39. The molecule has 0 bridgehead atoms. The summed E-state index contributed by atoms with van der Waals surface area (Å²) in [6.07, 6.45) is 0.380. The third kappa shape index (κ3) is 2.77. The first-order valence-corrected chi connectivity index (χ1v) is 4.98. The number of nitrogens with zero attached hydrogens (tertiary/aromatic N) is 3. The highest BCUT2D eigenvalue weighted by molar-refractivity contribution is 5.86. The Hall–Kier alpha value is -1.47. The minimum atomic E-state index is -1.08. The third-order valence-electron chi connectivity index (χ3n) is 2.25. The van der Waals surface area contributed by atoms with Gasteiger partial charge in [0.25, 0.3) is 0 Å². The Balaban J connectivity index is 2.95. The maximum absolute atomic E-state index is 10.9. The number of ether oxygens (including phenoxy) is 1. The summed E-state index contributed by atoms with van der Waals surface area (Å²) in [7, 11) is 1.59. The molecule has 3 N–H and O–H groups in total. The predicted molar refractivity (Wildman–Crippen MR) is 56.2 cm³/mol. The second kappa shape index (κ2) is 5.57. The van der Waals surface area contributed by atoms with Crippen molar-refractivity contribution in [2.24, 2.45) is 5.73 Å². The van der Waals surface area contributed by atoms with Gasteiger partial charge in [0.05, 0.1) is 18.3 Å². The molecule has 7 nitrogen and oxygen atoms in total. The molecule has 0 aliphatic carbocycles. The molecule has 0 radical (unpaired) electrons. The van der Waals surface area contributed by atoms with Crippen LogP contribution in [0.5, 0.6) is 0 Å². The van der Waals surface area contributed by atoms with Crippen molar-refractivity contribution in [3.63, 3.8) is 0 Å². The number of hydrogen-bond acceptors (Lipinski definition) is 5. The molecule has 90 valence electrons. The van der Waals surface area contributed by atoms with Gasteiger partial charge in [0, 0.05) is 13.5 Å². The molecular formula is C9H16N4O3. The Morgan fingerprint density at radius 3 is 2.88 bits per heavy atom. The molecular weight excluding hydrogens is 212 g/mol. The lowest BCUT2D eigenvalue weighted by Crippen LogP contribution is -2.20. The van der Waals surface area contributed by atoms with Crippen molar-refractivity contribution >= 4 is 5.97 Å². The van der Waals surface area contributed by atoms with Gasteiger partial charge < -0.3 is 15.6 Å². The number of aromatic carboxylic acids is 1. The first kappa shape index (κ1) is 12.6. The second-order valence-electron chi connectivity index (χ2n) is 3.46. The average molecular weight is 228 g/mol. The zero-order chi connectivity index (χ0) is 12.1. The number of rotatable bonds is 6. The van der Waals surface area contributed by atoms with E-state index in [2.05, 4.69) is 10.3 Å². The van der Waals surface area contributed by atoms with Gasteiger partial charge in [0.15, 0.2) is 5.69 Å². The second-order valence-corrected chi connectivity index (χ2v) is 3.46. The Morgan fingerprint density at radius 2 is 2.38 bits per heavy atom. The van der Waals surface area contributed by atoms with E-state index in [1.807, 2.05) is 6.92 Å². The van der Waals surface area contributed by atoms with Gasteiger partial charge in [-0.25, -0.2) is 9.48 Å². The zero-order valence-corrected chi connectivity index (χ0v) is 9.38. The number of aromatic nitrogens is 3. The van der Waals surface area contributed by atoms with Crippen molar-refractivity contribution in [1.82, 2.24) is 15.0 Å². The number of carbonyl (C=O) groups is 1. The number of hydrogen-bond donors (Lipinski definition) is 2. The monoisotopic (exact) mass is 228 g/mol. The molecule has 1 heterocycles. The number of nitrogens with two attached hydrogens (primary N) is 1. The summed E-state index contributed by atoms with van der Waals surface area (Å²) in [6.45, 7) is 2.69. The van der Waals surface area contributed by atoms with Crippen LogP contribution < -0.4 is 5.73 Å². The molecule has 0 amide bonds. The molecule has 0 saturated carbocycles. The highest BCUT2D eigenvalue weighted by Crippen LogP contribution is 2.07. The van der Waals surface area contributed by atoms with E-state index in [1.54, 1.807) is 7.11 Å². The maximum Gasteiger partial charge on any atom is 0.358 e. The fourth-order valence-electron chi connectivity index (χ4n) is 1.35. The first-order chi connectivity index (χ1) is 7.60. The van der Waals surface area contributed by atoms with E-state index < -0.39 is 5.97 Å². The topological polar surface area (TPSA) is 103 Å². The highest BCUT2D eigenvalue weighted by atomic mass is 16.5. The van der Waals surface area contributed by atoms with Crippen LogP contribution in [0.4, 0.5) is 0 Å². The lowest BCUT2D eigenvalue weighted by molar-refractivity contribution is 0.0688. The molecule has 0 aliphatic heterocycles. The van der Waals surface area contributed by atoms with E-state index in [-0.39, 0.29) is 11.8 Å². The van der Waals surface area contributed by atoms with E-state index in [9.17, 15) is 4.79 Å². The molecule has 1 atom stereocenters. The Labute approximate surface area is 93.2 Å². The molecule has 16 heavy (non-hydrogen) atoms. The van der Waals surface area contributed by atoms with Crippen molar-refractivity contribution in [1.29, 1.82) is 0 Å². The predicted octanol–water partition coefficient (Wildman–Crippen LogP) is -0.488. The van der Waals surface area contributed by atoms with Gasteiger partial charge in [-0.3, -0.25) is 0 Å². The van der Waals surface area contributed by atoms with E-state index in [4.69, 9.17) is 15.6 Å². The van der Waals surface area contributed by atoms with Gasteiger partial charge >= 0.3 is 5.97 Å². The molecule has 0 fully saturated rings. The summed E-state index contributed by atoms with van der Waals surface area (Å²) in [5, 5.41) is 16.3. The minimum Gasteiger partial charge on any atom is -0.476 e. The highest BCUT2D eigenvalue weighted by Gasteiger charge is 2.19. The van der Waals surface area contributed by atoms with Crippen LogP contribution >= 0.6 is 0 Å². The largest absolute Gasteiger partial charge is 0.476 e. The normalized spacial score (nSPS) is 12.7. The molecule has 0 aromatic carbocycles. The molecule has 0 aliphatic rings. The fraction of sp³-hybridized carbons (Fsp3) is 0.667. The summed E-state index contributed by atoms with van der Waals surface area (Å²) in [5.41, 5.74) is 5.93. The molecule has 1 unspecified atom stereocenters. The van der Waals surface area contributed by atoms with Crippen LogP contribution in [0.3, 0.4) is 0 Å². The molecule has 1 aromatic rings. The van der Waals surface area contributed by atoms with Gasteiger partial charge in [-0.05, 0) is 13.5 Å². The molecule has 0 spiro atoms. The number of methoxy groups -OCH3 is 1. The van der Waals surface area contributed by atoms with E-state index in [0.29, 0.717) is 25.2 Å². The van der Waals surface area contributed by atoms with E-state index in [1.165, 1.54) is 4.68 Å². The lowest BCUT2D eigenvalue weighted by Gasteiger charge is -2.11. The summed E-state index contributed by atoms with van der Waals surface area (Å²) < 4.78 is 6.62. The lowest BCUT2D eigenvalue weighted by atomic mass is 10.2. The van der Waals surface area contributed by atoms with Crippen molar-refractivity contribution < 1.29 is 14.6 Å². The van der Waals surface area contributed by atoms with Gasteiger partial charge in [0.2, 0.25) is 0 Å². The summed E-state index contributed by atoms with van der Waals surface area (Å²) in [4.78, 5) is 10.9. The molecule has 1 aromatic heterocycles. The maximum atomic E-state index is 10.9. The fourth-order valence-corrected chi connectivity index (χ4v) is 1.35. The summed E-state index contributed by atoms with van der Waals surface area (Å²) in [5.74, 6) is -1.08. The van der Waals surface area contributed by atoms with Crippen molar-refractivity contribution in [2.75, 3.05) is 13.7 Å². The van der Waals surface area contributed by atoms with Crippen LogP contribution in [0.15, 0.2) is 0 Å². The van der Waals surface area contributed by atoms with Gasteiger partial charge in [-0.1, -0.05) is 5.21 Å². The third-order valence-corrected chi connectivity index (χ3v) is 2.25. The van der Waals surface area contributed by atoms with Gasteiger partial charge in [-0.2, -0.15) is 0 Å². The summed E-state index contributed by atoms with van der Waals surface area (Å²) >= 11 is 0. The number of carboxylic acids is 1. The Morgan fingerprint density at radius 1 is 1.69 bits per heavy atom. The molecule has 7 heteroatoms. The van der Waals surface area contributed by atoms with Crippen LogP contribution in [0.1, 0.15) is 23.1 Å². The van der Waals surface area contributed by atoms with Crippen LogP contribution in [-0.2, 0) is 17.7 Å². The summed E-state index contributed by atoms with van der Waals surface area (Å²) in [6, 6.07) is 0. The van der Waals surface area contributed by atoms with Crippen molar-refractivity contribution in [3.8, 4) is 0 Å². The SMILES string of the molecule is COC(C)Cn1nnc(C(=O)O)c1CCN. The van der Waals surface area contributed by atoms with Crippen LogP contribution in [0.2, 0.25) is 0 Å². The van der Waals surface area contributed by atoms with E-state index >= 15 is 0 Å². The van der Waals surface area contributed by atoms with Crippen LogP contribution in [0, 0.1) is 0 Å². The minimum absolute atomic E-state index is 0.0336. The number of carboxylic acid groups (broad SMARTS) is 1. The zero-order valence-electron chi connectivity index (χ0n) is 9.38. The van der Waals surface area contributed by atoms with Crippen LogP contribution in [-0.4, -0.2) is 45.8 Å². The van der Waals surface area contributed by atoms with Crippen molar-refractivity contribution in [2.45, 2.75) is 26.0 Å². The standard InChI is InChI=1S/C9H16N4O3/c1-6(16-2)5-13-7(3-4-10)8(9(14)15)11-12-13/h6H,3-5,10H2,1-2H3,(H,14,15). The quantitative estimate of drug-likeness (QED) is 0.681. The van der Waals surface area contributed by atoms with Crippen molar-refractivity contribution in [3.05, 3.63) is 11.4 Å².